The number of halogens is 2. The topological polar surface area (TPSA) is 27.7 Å². The molecule has 0 bridgehead atoms. The van der Waals surface area contributed by atoms with Crippen LogP contribution in [0.2, 0.25) is 5.02 Å². The molecular weight excluding hydrogens is 311 g/mol. The summed E-state index contributed by atoms with van der Waals surface area (Å²) in [5.74, 6) is 2.03. The second kappa shape index (κ2) is 6.92. The number of hydrogen-bond acceptors (Lipinski definition) is 3. The molecule has 2 aromatic carbocycles. The van der Waals surface area contributed by atoms with Crippen LogP contribution in [0.1, 0.15) is 16.5 Å². The van der Waals surface area contributed by atoms with Crippen LogP contribution in [0.4, 0.5) is 0 Å². The smallest absolute Gasteiger partial charge is 0.137 e. The maximum atomic E-state index is 6.58. The molecule has 3 nitrogen and oxygen atoms in total. The third-order valence-electron chi connectivity index (χ3n) is 3.18. The molecule has 0 saturated carbocycles. The Morgan fingerprint density at radius 2 is 1.52 bits per heavy atom. The summed E-state index contributed by atoms with van der Waals surface area (Å²) in [6.45, 7) is 0. The van der Waals surface area contributed by atoms with Crippen LogP contribution in [0, 0.1) is 0 Å². The zero-order valence-electron chi connectivity index (χ0n) is 12.0. The zero-order valence-corrected chi connectivity index (χ0v) is 13.5. The van der Waals surface area contributed by atoms with Crippen LogP contribution in [0.3, 0.4) is 0 Å². The average Bonchev–Trinajstić information content (AvgIpc) is 2.53. The molecule has 0 radical (unpaired) electrons. The normalized spacial score (nSPS) is 11.9. The molecule has 2 rings (SSSR count). The second-order valence-electron chi connectivity index (χ2n) is 4.36. The minimum absolute atomic E-state index is 0.404. The Hall–Kier alpha value is -1.58. The van der Waals surface area contributed by atoms with Crippen molar-refractivity contribution in [2.24, 2.45) is 0 Å². The summed E-state index contributed by atoms with van der Waals surface area (Å²) in [5, 5.41) is 0.112. The molecule has 0 N–H and O–H groups in total. The van der Waals surface area contributed by atoms with Gasteiger partial charge in [-0.05, 0) is 35.9 Å². The van der Waals surface area contributed by atoms with E-state index in [1.54, 1.807) is 33.5 Å². The lowest BCUT2D eigenvalue weighted by Gasteiger charge is -2.16. The molecule has 1 unspecified atom stereocenters. The third kappa shape index (κ3) is 3.36. The monoisotopic (exact) mass is 326 g/mol. The van der Waals surface area contributed by atoms with E-state index >= 15 is 0 Å². The van der Waals surface area contributed by atoms with Gasteiger partial charge in [-0.25, -0.2) is 0 Å². The third-order valence-corrected chi connectivity index (χ3v) is 3.96. The maximum Gasteiger partial charge on any atom is 0.137 e. The number of hydrogen-bond donors (Lipinski definition) is 0. The van der Waals surface area contributed by atoms with Crippen LogP contribution in [0.15, 0.2) is 36.4 Å². The van der Waals surface area contributed by atoms with Gasteiger partial charge < -0.3 is 14.2 Å². The fourth-order valence-electron chi connectivity index (χ4n) is 2.06. The molecule has 2 aromatic rings. The van der Waals surface area contributed by atoms with Crippen LogP contribution >= 0.6 is 23.2 Å². The van der Waals surface area contributed by atoms with Crippen molar-refractivity contribution in [3.8, 4) is 17.2 Å². The van der Waals surface area contributed by atoms with Crippen molar-refractivity contribution in [2.75, 3.05) is 21.3 Å². The number of rotatable bonds is 5. The molecule has 0 aliphatic rings. The van der Waals surface area contributed by atoms with Crippen molar-refractivity contribution in [3.63, 3.8) is 0 Å². The van der Waals surface area contributed by atoms with Crippen molar-refractivity contribution in [2.45, 2.75) is 5.38 Å². The number of ether oxygens (including phenoxy) is 3. The van der Waals surface area contributed by atoms with E-state index in [1.165, 1.54) is 0 Å². The summed E-state index contributed by atoms with van der Waals surface area (Å²) in [5.41, 5.74) is 1.67. The molecule has 1 atom stereocenters. The van der Waals surface area contributed by atoms with Gasteiger partial charge in [0, 0.05) is 5.56 Å². The van der Waals surface area contributed by atoms with Gasteiger partial charge in [0.15, 0.2) is 0 Å². The highest BCUT2D eigenvalue weighted by Crippen LogP contribution is 2.39. The molecular formula is C16H16Cl2O3. The number of methoxy groups -OCH3 is 3. The van der Waals surface area contributed by atoms with Crippen molar-refractivity contribution >= 4 is 23.2 Å². The van der Waals surface area contributed by atoms with Crippen molar-refractivity contribution in [1.82, 2.24) is 0 Å². The predicted molar refractivity (Wildman–Crippen MR) is 85.2 cm³/mol. The molecule has 5 heteroatoms. The summed E-state index contributed by atoms with van der Waals surface area (Å²) < 4.78 is 15.8. The molecule has 0 fully saturated rings. The first-order valence-corrected chi connectivity index (χ1v) is 7.11. The van der Waals surface area contributed by atoms with Crippen molar-refractivity contribution in [3.05, 3.63) is 52.5 Å². The molecule has 0 saturated heterocycles. The van der Waals surface area contributed by atoms with E-state index in [0.29, 0.717) is 16.5 Å². The molecule has 112 valence electrons. The minimum atomic E-state index is -0.404. The lowest BCUT2D eigenvalue weighted by Crippen LogP contribution is -1.99. The zero-order chi connectivity index (χ0) is 15.4. The Morgan fingerprint density at radius 3 is 2.10 bits per heavy atom. The summed E-state index contributed by atoms with van der Waals surface area (Å²) >= 11 is 12.7. The van der Waals surface area contributed by atoms with Gasteiger partial charge in [0.2, 0.25) is 0 Å². The van der Waals surface area contributed by atoms with Gasteiger partial charge in [-0.15, -0.1) is 11.6 Å². The minimum Gasteiger partial charge on any atom is -0.497 e. The van der Waals surface area contributed by atoms with E-state index in [9.17, 15) is 0 Å². The van der Waals surface area contributed by atoms with E-state index in [-0.39, 0.29) is 0 Å². The molecule has 0 heterocycles. The average molecular weight is 327 g/mol. The lowest BCUT2D eigenvalue weighted by molar-refractivity contribution is 0.399. The van der Waals surface area contributed by atoms with Crippen LogP contribution < -0.4 is 14.2 Å². The first-order chi connectivity index (χ1) is 10.1. The first-order valence-electron chi connectivity index (χ1n) is 6.30. The van der Waals surface area contributed by atoms with E-state index < -0.39 is 5.38 Å². The summed E-state index contributed by atoms with van der Waals surface area (Å²) in [6, 6.07) is 11.0. The number of alkyl halides is 1. The molecule has 0 spiro atoms. The van der Waals surface area contributed by atoms with Gasteiger partial charge in [-0.3, -0.25) is 0 Å². The largest absolute Gasteiger partial charge is 0.497 e. The van der Waals surface area contributed by atoms with Crippen molar-refractivity contribution < 1.29 is 14.2 Å². The molecule has 0 amide bonds. The van der Waals surface area contributed by atoms with Gasteiger partial charge in [-0.1, -0.05) is 17.7 Å². The fraction of sp³-hybridized carbons (Fsp3) is 0.250. The van der Waals surface area contributed by atoms with E-state index in [0.717, 1.165) is 16.9 Å². The van der Waals surface area contributed by atoms with Gasteiger partial charge in [-0.2, -0.15) is 0 Å². The van der Waals surface area contributed by atoms with E-state index in [1.807, 2.05) is 24.3 Å². The van der Waals surface area contributed by atoms with Crippen molar-refractivity contribution in [1.29, 1.82) is 0 Å². The number of benzene rings is 2. The van der Waals surface area contributed by atoms with E-state index in [4.69, 9.17) is 37.4 Å². The molecule has 0 aromatic heterocycles. The van der Waals surface area contributed by atoms with Gasteiger partial charge in [0.25, 0.3) is 0 Å². The SMILES string of the molecule is COc1ccc(OC)c(C(Cl)c2ccc(OC)c(Cl)c2)c1. The maximum absolute atomic E-state index is 6.58. The quantitative estimate of drug-likeness (QED) is 0.746. The Bertz CT molecular complexity index is 629. The highest BCUT2D eigenvalue weighted by molar-refractivity contribution is 6.32. The standard InChI is InChI=1S/C16H16Cl2O3/c1-19-11-5-7-14(20-2)12(9-11)16(18)10-4-6-15(21-3)13(17)8-10/h4-9,16H,1-3H3. The summed E-state index contributed by atoms with van der Waals surface area (Å²) in [7, 11) is 4.79. The predicted octanol–water partition coefficient (Wildman–Crippen LogP) is 4.69. The molecule has 0 aliphatic heterocycles. The molecule has 0 aliphatic carbocycles. The van der Waals surface area contributed by atoms with Crippen LogP contribution in [0.25, 0.3) is 0 Å². The van der Waals surface area contributed by atoms with Crippen LogP contribution in [0.5, 0.6) is 17.2 Å². The second-order valence-corrected chi connectivity index (χ2v) is 5.21. The van der Waals surface area contributed by atoms with E-state index in [2.05, 4.69) is 0 Å². The molecule has 21 heavy (non-hydrogen) atoms. The van der Waals surface area contributed by atoms with Gasteiger partial charge >= 0.3 is 0 Å². The Morgan fingerprint density at radius 1 is 0.857 bits per heavy atom. The van der Waals surface area contributed by atoms with Gasteiger partial charge in [0.1, 0.15) is 17.2 Å². The fourth-order valence-corrected chi connectivity index (χ4v) is 2.63. The lowest BCUT2D eigenvalue weighted by atomic mass is 10.0. The highest BCUT2D eigenvalue weighted by Gasteiger charge is 2.18. The summed E-state index contributed by atoms with van der Waals surface area (Å²) in [6.07, 6.45) is 0. The Labute approximate surface area is 134 Å². The highest BCUT2D eigenvalue weighted by atomic mass is 35.5. The Kier molecular flexibility index (Phi) is 5.21. The van der Waals surface area contributed by atoms with Crippen LogP contribution in [-0.2, 0) is 0 Å². The Balaban J connectivity index is 2.43. The first kappa shape index (κ1) is 15.8. The van der Waals surface area contributed by atoms with Crippen LogP contribution in [-0.4, -0.2) is 21.3 Å². The summed E-state index contributed by atoms with van der Waals surface area (Å²) in [4.78, 5) is 0. The van der Waals surface area contributed by atoms with Gasteiger partial charge in [0.05, 0.1) is 31.7 Å².